The Morgan fingerprint density at radius 1 is 1.45 bits per heavy atom. The molecule has 0 radical (unpaired) electrons. The van der Waals surface area contributed by atoms with Crippen molar-refractivity contribution in [3.8, 4) is 17.7 Å². The molecule has 0 aliphatic rings. The lowest BCUT2D eigenvalue weighted by atomic mass is 10.2. The van der Waals surface area contributed by atoms with Gasteiger partial charge in [-0.05, 0) is 59.3 Å². The van der Waals surface area contributed by atoms with Gasteiger partial charge in [0.15, 0.2) is 0 Å². The molecule has 0 fully saturated rings. The second kappa shape index (κ2) is 5.88. The number of carboxylic acid groups (broad SMARTS) is 1. The van der Waals surface area contributed by atoms with Gasteiger partial charge < -0.3 is 9.84 Å². The highest BCUT2D eigenvalue weighted by Gasteiger charge is 2.13. The number of nitriles is 1. The van der Waals surface area contributed by atoms with Crippen molar-refractivity contribution in [2.45, 2.75) is 6.92 Å². The number of ether oxygens (including phenoxy) is 1. The number of rotatable bonds is 3. The van der Waals surface area contributed by atoms with E-state index in [1.165, 1.54) is 12.1 Å². The first-order valence-electron chi connectivity index (χ1n) is 5.59. The quantitative estimate of drug-likeness (QED) is 0.826. The molecule has 0 amide bonds. The van der Waals surface area contributed by atoms with Gasteiger partial charge in [-0.25, -0.2) is 9.78 Å². The number of hydrogen-bond donors (Lipinski definition) is 1. The maximum absolute atomic E-state index is 11.0. The van der Waals surface area contributed by atoms with Crippen LogP contribution in [0.15, 0.2) is 30.5 Å². The first-order chi connectivity index (χ1) is 9.52. The minimum absolute atomic E-state index is 0.117. The number of carbonyl (C=O) groups is 1. The zero-order chi connectivity index (χ0) is 14.7. The number of nitrogens with zero attached hydrogens (tertiary/aromatic N) is 2. The van der Waals surface area contributed by atoms with E-state index in [4.69, 9.17) is 15.1 Å². The largest absolute Gasteiger partial charge is 0.478 e. The highest BCUT2D eigenvalue weighted by molar-refractivity contribution is 14.1. The molecule has 100 valence electrons. The van der Waals surface area contributed by atoms with E-state index in [1.54, 1.807) is 25.3 Å². The molecule has 0 bridgehead atoms. The van der Waals surface area contributed by atoms with Crippen LogP contribution < -0.4 is 4.74 Å². The van der Waals surface area contributed by atoms with Crippen molar-refractivity contribution >= 4 is 28.6 Å². The second-order valence-corrected chi connectivity index (χ2v) is 5.13. The summed E-state index contributed by atoms with van der Waals surface area (Å²) in [6, 6.07) is 8.29. The average molecular weight is 380 g/mol. The molecule has 0 saturated heterocycles. The molecule has 0 atom stereocenters. The fourth-order valence-electron chi connectivity index (χ4n) is 1.57. The van der Waals surface area contributed by atoms with Crippen molar-refractivity contribution in [1.82, 2.24) is 4.98 Å². The van der Waals surface area contributed by atoms with Crippen molar-refractivity contribution in [2.24, 2.45) is 0 Å². The van der Waals surface area contributed by atoms with Gasteiger partial charge in [0.2, 0.25) is 5.88 Å². The molecule has 0 spiro atoms. The third kappa shape index (κ3) is 2.88. The Morgan fingerprint density at radius 3 is 2.85 bits per heavy atom. The van der Waals surface area contributed by atoms with Crippen molar-refractivity contribution in [1.29, 1.82) is 5.26 Å². The molecule has 1 aromatic heterocycles. The van der Waals surface area contributed by atoms with Crippen LogP contribution >= 0.6 is 22.6 Å². The molecule has 1 heterocycles. The molecule has 2 aromatic rings. The van der Waals surface area contributed by atoms with Crippen LogP contribution in [0.2, 0.25) is 0 Å². The van der Waals surface area contributed by atoms with Crippen molar-refractivity contribution in [3.05, 3.63) is 50.7 Å². The molecule has 6 heteroatoms. The fourth-order valence-corrected chi connectivity index (χ4v) is 2.01. The first kappa shape index (κ1) is 14.3. The summed E-state index contributed by atoms with van der Waals surface area (Å²) in [6.07, 6.45) is 1.54. The molecule has 20 heavy (non-hydrogen) atoms. The van der Waals surface area contributed by atoms with Crippen LogP contribution in [0.5, 0.6) is 11.6 Å². The lowest BCUT2D eigenvalue weighted by Gasteiger charge is -2.10. The van der Waals surface area contributed by atoms with E-state index >= 15 is 0 Å². The Bertz CT molecular complexity index is 723. The summed E-state index contributed by atoms with van der Waals surface area (Å²) in [6.45, 7) is 1.78. The van der Waals surface area contributed by atoms with Crippen LogP contribution in [0.4, 0.5) is 0 Å². The Labute approximate surface area is 129 Å². The molecule has 1 N–H and O–H groups in total. The van der Waals surface area contributed by atoms with Gasteiger partial charge in [0.25, 0.3) is 0 Å². The predicted octanol–water partition coefficient (Wildman–Crippen LogP) is 3.36. The minimum Gasteiger partial charge on any atom is -0.478 e. The second-order valence-electron chi connectivity index (χ2n) is 3.97. The van der Waals surface area contributed by atoms with Gasteiger partial charge in [0, 0.05) is 6.20 Å². The molecular formula is C14H9IN2O3. The Balaban J connectivity index is 2.45. The Kier molecular flexibility index (Phi) is 4.20. The maximum atomic E-state index is 11.0. The van der Waals surface area contributed by atoms with E-state index in [9.17, 15) is 4.79 Å². The number of hydrogen-bond acceptors (Lipinski definition) is 4. The molecule has 5 nitrogen and oxygen atoms in total. The summed E-state index contributed by atoms with van der Waals surface area (Å²) >= 11 is 2.03. The number of carboxylic acids is 1. The first-order valence-corrected chi connectivity index (χ1v) is 6.67. The number of pyridine rings is 1. The number of aromatic nitrogens is 1. The highest BCUT2D eigenvalue weighted by Crippen LogP contribution is 2.29. The lowest BCUT2D eigenvalue weighted by Crippen LogP contribution is -1.99. The smallest absolute Gasteiger partial charge is 0.335 e. The van der Waals surface area contributed by atoms with E-state index in [0.717, 1.165) is 9.13 Å². The number of halogens is 1. The van der Waals surface area contributed by atoms with Gasteiger partial charge in [0.1, 0.15) is 17.4 Å². The predicted molar refractivity (Wildman–Crippen MR) is 79.9 cm³/mol. The summed E-state index contributed by atoms with van der Waals surface area (Å²) in [5.41, 5.74) is 1.21. The summed E-state index contributed by atoms with van der Waals surface area (Å²) < 4.78 is 6.33. The molecule has 1 aromatic carbocycles. The average Bonchev–Trinajstić information content (AvgIpc) is 2.41. The topological polar surface area (TPSA) is 83.2 Å². The van der Waals surface area contributed by atoms with Crippen LogP contribution in [0.25, 0.3) is 0 Å². The van der Waals surface area contributed by atoms with Gasteiger partial charge >= 0.3 is 5.97 Å². The summed E-state index contributed by atoms with van der Waals surface area (Å²) in [5, 5.41) is 18.1. The van der Waals surface area contributed by atoms with Crippen LogP contribution in [-0.4, -0.2) is 16.1 Å². The monoisotopic (exact) mass is 380 g/mol. The normalized spacial score (nSPS) is 9.85. The third-order valence-corrected chi connectivity index (χ3v) is 3.51. The zero-order valence-corrected chi connectivity index (χ0v) is 12.6. The van der Waals surface area contributed by atoms with Crippen LogP contribution in [0, 0.1) is 21.8 Å². The molecule has 0 aliphatic carbocycles. The van der Waals surface area contributed by atoms with Crippen LogP contribution in [0.3, 0.4) is 0 Å². The van der Waals surface area contributed by atoms with Crippen molar-refractivity contribution in [2.75, 3.05) is 0 Å². The van der Waals surface area contributed by atoms with Crippen LogP contribution in [-0.2, 0) is 0 Å². The molecule has 0 unspecified atom stereocenters. The molecule has 0 aliphatic heterocycles. The van der Waals surface area contributed by atoms with E-state index in [1.807, 2.05) is 28.7 Å². The number of benzene rings is 1. The summed E-state index contributed by atoms with van der Waals surface area (Å²) in [7, 11) is 0. The SMILES string of the molecule is Cc1ccnc(Oc2cc(C(=O)O)ccc2I)c1C#N. The molecular weight excluding hydrogens is 371 g/mol. The van der Waals surface area contributed by atoms with Gasteiger partial charge in [-0.3, -0.25) is 0 Å². The van der Waals surface area contributed by atoms with Gasteiger partial charge in [-0.15, -0.1) is 0 Å². The molecule has 2 rings (SSSR count). The fraction of sp³-hybridized carbons (Fsp3) is 0.0714. The van der Waals surface area contributed by atoms with Gasteiger partial charge in [-0.2, -0.15) is 5.26 Å². The third-order valence-electron chi connectivity index (χ3n) is 2.62. The lowest BCUT2D eigenvalue weighted by molar-refractivity contribution is 0.0696. The Morgan fingerprint density at radius 2 is 2.20 bits per heavy atom. The maximum Gasteiger partial charge on any atom is 0.335 e. The number of aromatic carboxylic acids is 1. The minimum atomic E-state index is -1.04. The van der Waals surface area contributed by atoms with Gasteiger partial charge in [-0.1, -0.05) is 0 Å². The van der Waals surface area contributed by atoms with E-state index < -0.39 is 5.97 Å². The zero-order valence-electron chi connectivity index (χ0n) is 10.4. The Hall–Kier alpha value is -2.14. The highest BCUT2D eigenvalue weighted by atomic mass is 127. The standard InChI is InChI=1S/C14H9IN2O3/c1-8-4-5-17-13(10(8)7-16)20-12-6-9(14(18)19)2-3-11(12)15/h2-6H,1H3,(H,18,19). The van der Waals surface area contributed by atoms with E-state index in [0.29, 0.717) is 11.3 Å². The number of aryl methyl sites for hydroxylation is 1. The van der Waals surface area contributed by atoms with E-state index in [2.05, 4.69) is 4.98 Å². The van der Waals surface area contributed by atoms with Crippen LogP contribution in [0.1, 0.15) is 21.5 Å². The summed E-state index contributed by atoms with van der Waals surface area (Å²) in [4.78, 5) is 15.0. The summed E-state index contributed by atoms with van der Waals surface area (Å²) in [5.74, 6) is -0.503. The van der Waals surface area contributed by atoms with E-state index in [-0.39, 0.29) is 11.4 Å². The molecule has 0 saturated carbocycles. The van der Waals surface area contributed by atoms with Crippen molar-refractivity contribution in [3.63, 3.8) is 0 Å². The van der Waals surface area contributed by atoms with Crippen molar-refractivity contribution < 1.29 is 14.6 Å². The van der Waals surface area contributed by atoms with Gasteiger partial charge in [0.05, 0.1) is 9.13 Å².